The van der Waals surface area contributed by atoms with E-state index in [1.807, 2.05) is 12.1 Å². The van der Waals surface area contributed by atoms with Crippen LogP contribution >= 0.6 is 0 Å². The highest BCUT2D eigenvalue weighted by molar-refractivity contribution is 5.23. The topological polar surface area (TPSA) is 9.23 Å². The maximum absolute atomic E-state index is 5.82. The highest BCUT2D eigenvalue weighted by atomic mass is 16.5. The largest absolute Gasteiger partial charge is 0.373 e. The van der Waals surface area contributed by atoms with Crippen LogP contribution in [0, 0.1) is 5.92 Å². The third kappa shape index (κ3) is 2.42. The Morgan fingerprint density at radius 3 is 2.81 bits per heavy atom. The number of allylic oxidation sites excluding steroid dienone is 2. The Morgan fingerprint density at radius 1 is 1.38 bits per heavy atom. The van der Waals surface area contributed by atoms with Gasteiger partial charge in [0, 0.05) is 12.5 Å². The van der Waals surface area contributed by atoms with E-state index in [2.05, 4.69) is 43.8 Å². The molecule has 0 N–H and O–H groups in total. The molecule has 1 heteroatoms. The SMILES string of the molecule is C=C/C(C)=C/[C@H]1CCO[C@@H]1c1ccccc1. The van der Waals surface area contributed by atoms with Crippen LogP contribution in [-0.2, 0) is 4.74 Å². The third-order valence-electron chi connectivity index (χ3n) is 3.06. The van der Waals surface area contributed by atoms with Gasteiger partial charge in [0.25, 0.3) is 0 Å². The zero-order valence-corrected chi connectivity index (χ0v) is 9.73. The van der Waals surface area contributed by atoms with Crippen LogP contribution in [0.5, 0.6) is 0 Å². The Morgan fingerprint density at radius 2 is 2.12 bits per heavy atom. The van der Waals surface area contributed by atoms with E-state index in [9.17, 15) is 0 Å². The fraction of sp³-hybridized carbons (Fsp3) is 0.333. The molecule has 0 saturated carbocycles. The Labute approximate surface area is 97.4 Å². The smallest absolute Gasteiger partial charge is 0.0888 e. The van der Waals surface area contributed by atoms with Crippen molar-refractivity contribution in [1.82, 2.24) is 0 Å². The summed E-state index contributed by atoms with van der Waals surface area (Å²) in [7, 11) is 0. The first-order chi connectivity index (χ1) is 7.81. The summed E-state index contributed by atoms with van der Waals surface area (Å²) in [5.74, 6) is 0.486. The summed E-state index contributed by atoms with van der Waals surface area (Å²) in [6.45, 7) is 6.73. The van der Waals surface area contributed by atoms with E-state index < -0.39 is 0 Å². The lowest BCUT2D eigenvalue weighted by Crippen LogP contribution is -2.05. The van der Waals surface area contributed by atoms with Crippen molar-refractivity contribution in [3.8, 4) is 0 Å². The molecule has 1 aromatic rings. The molecule has 0 aliphatic carbocycles. The Bertz CT molecular complexity index is 378. The van der Waals surface area contributed by atoms with Gasteiger partial charge >= 0.3 is 0 Å². The minimum atomic E-state index is 0.219. The van der Waals surface area contributed by atoms with Crippen LogP contribution in [0.2, 0.25) is 0 Å². The second kappa shape index (κ2) is 5.13. The second-order valence-electron chi connectivity index (χ2n) is 4.27. The second-order valence-corrected chi connectivity index (χ2v) is 4.27. The van der Waals surface area contributed by atoms with Gasteiger partial charge in [-0.3, -0.25) is 0 Å². The van der Waals surface area contributed by atoms with Crippen LogP contribution in [0.1, 0.15) is 25.0 Å². The maximum Gasteiger partial charge on any atom is 0.0888 e. The normalized spacial score (nSPS) is 25.7. The molecule has 1 aliphatic heterocycles. The molecule has 84 valence electrons. The molecule has 0 radical (unpaired) electrons. The quantitative estimate of drug-likeness (QED) is 0.693. The average molecular weight is 214 g/mol. The van der Waals surface area contributed by atoms with E-state index in [1.54, 1.807) is 0 Å². The van der Waals surface area contributed by atoms with E-state index in [0.717, 1.165) is 13.0 Å². The molecule has 1 aromatic carbocycles. The van der Waals surface area contributed by atoms with Gasteiger partial charge in [0.2, 0.25) is 0 Å². The molecule has 0 spiro atoms. The molecule has 2 atom stereocenters. The monoisotopic (exact) mass is 214 g/mol. The molecular weight excluding hydrogens is 196 g/mol. The van der Waals surface area contributed by atoms with E-state index >= 15 is 0 Å². The summed E-state index contributed by atoms with van der Waals surface area (Å²) in [6.07, 6.45) is 5.50. The van der Waals surface area contributed by atoms with E-state index in [0.29, 0.717) is 5.92 Å². The molecular formula is C15H18O. The van der Waals surface area contributed by atoms with Gasteiger partial charge in [-0.1, -0.05) is 54.6 Å². The van der Waals surface area contributed by atoms with Crippen molar-refractivity contribution < 1.29 is 4.74 Å². The van der Waals surface area contributed by atoms with Crippen LogP contribution in [-0.4, -0.2) is 6.61 Å². The summed E-state index contributed by atoms with van der Waals surface area (Å²) >= 11 is 0. The van der Waals surface area contributed by atoms with Gasteiger partial charge in [-0.2, -0.15) is 0 Å². The number of hydrogen-bond acceptors (Lipinski definition) is 1. The van der Waals surface area contributed by atoms with Crippen LogP contribution in [0.15, 0.2) is 54.6 Å². The van der Waals surface area contributed by atoms with Crippen molar-refractivity contribution in [2.45, 2.75) is 19.4 Å². The summed E-state index contributed by atoms with van der Waals surface area (Å²) in [5, 5.41) is 0. The molecule has 0 amide bonds. The third-order valence-corrected chi connectivity index (χ3v) is 3.06. The lowest BCUT2D eigenvalue weighted by molar-refractivity contribution is 0.0994. The molecule has 1 aliphatic rings. The maximum atomic E-state index is 5.82. The lowest BCUT2D eigenvalue weighted by Gasteiger charge is -2.16. The van der Waals surface area contributed by atoms with Gasteiger partial charge < -0.3 is 4.74 Å². The predicted molar refractivity (Wildman–Crippen MR) is 67.2 cm³/mol. The van der Waals surface area contributed by atoms with Crippen LogP contribution in [0.25, 0.3) is 0 Å². The highest BCUT2D eigenvalue weighted by Gasteiger charge is 2.27. The van der Waals surface area contributed by atoms with Gasteiger partial charge in [0.1, 0.15) is 0 Å². The minimum absolute atomic E-state index is 0.219. The van der Waals surface area contributed by atoms with Crippen molar-refractivity contribution in [1.29, 1.82) is 0 Å². The summed E-state index contributed by atoms with van der Waals surface area (Å²) in [6, 6.07) is 10.5. The van der Waals surface area contributed by atoms with Crippen LogP contribution < -0.4 is 0 Å². The Hall–Kier alpha value is -1.34. The first kappa shape index (κ1) is 11.2. The van der Waals surface area contributed by atoms with Gasteiger partial charge in [0.05, 0.1) is 6.10 Å². The fourth-order valence-electron chi connectivity index (χ4n) is 2.17. The van der Waals surface area contributed by atoms with E-state index in [1.165, 1.54) is 11.1 Å². The molecule has 1 fully saturated rings. The number of benzene rings is 1. The first-order valence-electron chi connectivity index (χ1n) is 5.78. The van der Waals surface area contributed by atoms with Crippen LogP contribution in [0.4, 0.5) is 0 Å². The van der Waals surface area contributed by atoms with Gasteiger partial charge in [0.15, 0.2) is 0 Å². The molecule has 0 bridgehead atoms. The van der Waals surface area contributed by atoms with Crippen molar-refractivity contribution in [3.63, 3.8) is 0 Å². The zero-order valence-electron chi connectivity index (χ0n) is 9.73. The van der Waals surface area contributed by atoms with Crippen molar-refractivity contribution in [2.24, 2.45) is 5.92 Å². The van der Waals surface area contributed by atoms with Crippen LogP contribution in [0.3, 0.4) is 0 Å². The molecule has 2 rings (SSSR count). The van der Waals surface area contributed by atoms with Gasteiger partial charge in [-0.15, -0.1) is 0 Å². The number of hydrogen-bond donors (Lipinski definition) is 0. The lowest BCUT2D eigenvalue weighted by atomic mass is 9.93. The molecule has 1 nitrogen and oxygen atoms in total. The minimum Gasteiger partial charge on any atom is -0.373 e. The first-order valence-corrected chi connectivity index (χ1v) is 5.78. The molecule has 1 saturated heterocycles. The summed E-state index contributed by atoms with van der Waals surface area (Å²) in [5.41, 5.74) is 2.51. The fourth-order valence-corrected chi connectivity index (χ4v) is 2.17. The van der Waals surface area contributed by atoms with Gasteiger partial charge in [-0.25, -0.2) is 0 Å². The molecule has 0 unspecified atom stereocenters. The Kier molecular flexibility index (Phi) is 3.58. The highest BCUT2D eigenvalue weighted by Crippen LogP contribution is 2.35. The van der Waals surface area contributed by atoms with Crippen molar-refractivity contribution in [2.75, 3.05) is 6.61 Å². The molecule has 16 heavy (non-hydrogen) atoms. The van der Waals surface area contributed by atoms with E-state index in [4.69, 9.17) is 4.74 Å². The molecule has 0 aromatic heterocycles. The van der Waals surface area contributed by atoms with Crippen molar-refractivity contribution >= 4 is 0 Å². The predicted octanol–water partition coefficient (Wildman–Crippen LogP) is 3.90. The zero-order chi connectivity index (χ0) is 11.4. The van der Waals surface area contributed by atoms with E-state index in [-0.39, 0.29) is 6.10 Å². The molecule has 1 heterocycles. The average Bonchev–Trinajstić information content (AvgIpc) is 2.78. The summed E-state index contributed by atoms with van der Waals surface area (Å²) < 4.78 is 5.82. The van der Waals surface area contributed by atoms with Gasteiger partial charge in [-0.05, 0) is 18.9 Å². The standard InChI is InChI=1S/C15H18O/c1-3-12(2)11-14-9-10-16-15(14)13-7-5-4-6-8-13/h3-8,11,14-15H,1,9-10H2,2H3/b12-11+/t14-,15-/m1/s1. The van der Waals surface area contributed by atoms with Crippen molar-refractivity contribution in [3.05, 3.63) is 60.2 Å². The Balaban J connectivity index is 2.19. The number of rotatable bonds is 3. The number of ether oxygens (including phenoxy) is 1. The summed E-state index contributed by atoms with van der Waals surface area (Å²) in [4.78, 5) is 0.